The SMILES string of the molecule is COc1nc(/C=C(\C)C2CC3OC3(C)CCCC(C)C(O)C(C)C(=O)C(C)(C)C(O)CC(=O)O2)cs1. The highest BCUT2D eigenvalue weighted by molar-refractivity contribution is 7.11. The fourth-order valence-corrected chi connectivity index (χ4v) is 5.65. The molecule has 0 saturated carbocycles. The second kappa shape index (κ2) is 11.3. The van der Waals surface area contributed by atoms with Gasteiger partial charge in [-0.1, -0.05) is 45.5 Å². The molecule has 1 aromatic heterocycles. The first kappa shape index (κ1) is 28.8. The molecule has 3 heterocycles. The summed E-state index contributed by atoms with van der Waals surface area (Å²) in [4.78, 5) is 30.6. The van der Waals surface area contributed by atoms with Gasteiger partial charge in [0, 0.05) is 17.7 Å². The van der Waals surface area contributed by atoms with E-state index in [1.54, 1.807) is 27.9 Å². The number of aliphatic hydroxyl groups excluding tert-OH is 2. The number of aromatic nitrogens is 1. The number of aliphatic hydroxyl groups is 2. The summed E-state index contributed by atoms with van der Waals surface area (Å²) in [5.41, 5.74) is -0.0125. The van der Waals surface area contributed by atoms with Crippen molar-refractivity contribution in [3.05, 3.63) is 16.6 Å². The molecule has 202 valence electrons. The maximum absolute atomic E-state index is 13.2. The third-order valence-corrected chi connectivity index (χ3v) is 8.78. The number of rotatable bonds is 3. The number of hydrogen-bond acceptors (Lipinski definition) is 9. The first-order valence-electron chi connectivity index (χ1n) is 12.7. The van der Waals surface area contributed by atoms with Gasteiger partial charge in [-0.15, -0.1) is 0 Å². The molecule has 0 bridgehead atoms. The minimum Gasteiger partial charge on any atom is -0.473 e. The number of nitrogens with zero attached hydrogens (tertiary/aromatic N) is 1. The van der Waals surface area contributed by atoms with Crippen LogP contribution in [-0.4, -0.2) is 64.1 Å². The van der Waals surface area contributed by atoms with Crippen LogP contribution in [0.25, 0.3) is 6.08 Å². The molecule has 9 heteroatoms. The summed E-state index contributed by atoms with van der Waals surface area (Å²) in [6, 6.07) is 0. The molecule has 7 atom stereocenters. The maximum Gasteiger partial charge on any atom is 0.309 e. The molecular formula is C27H41NO7S. The number of esters is 1. The topological polar surface area (TPSA) is 118 Å². The first-order valence-corrected chi connectivity index (χ1v) is 13.6. The van der Waals surface area contributed by atoms with Crippen LogP contribution >= 0.6 is 11.3 Å². The Hall–Kier alpha value is -1.81. The van der Waals surface area contributed by atoms with Gasteiger partial charge in [0.1, 0.15) is 11.9 Å². The van der Waals surface area contributed by atoms with Gasteiger partial charge in [-0.25, -0.2) is 4.98 Å². The monoisotopic (exact) mass is 523 g/mol. The van der Waals surface area contributed by atoms with Gasteiger partial charge in [-0.3, -0.25) is 9.59 Å². The largest absolute Gasteiger partial charge is 0.473 e. The number of methoxy groups -OCH3 is 1. The molecule has 36 heavy (non-hydrogen) atoms. The molecule has 0 aromatic carbocycles. The number of carbonyl (C=O) groups is 2. The highest BCUT2D eigenvalue weighted by Gasteiger charge is 2.53. The molecular weight excluding hydrogens is 482 g/mol. The van der Waals surface area contributed by atoms with E-state index < -0.39 is 35.6 Å². The van der Waals surface area contributed by atoms with Crippen molar-refractivity contribution in [2.75, 3.05) is 7.11 Å². The Balaban J connectivity index is 1.85. The third-order valence-electron chi connectivity index (χ3n) is 7.97. The summed E-state index contributed by atoms with van der Waals surface area (Å²) in [6.07, 6.45) is 1.74. The summed E-state index contributed by atoms with van der Waals surface area (Å²) in [5, 5.41) is 24.1. The van der Waals surface area contributed by atoms with Crippen LogP contribution in [0.3, 0.4) is 0 Å². The summed E-state index contributed by atoms with van der Waals surface area (Å²) in [5.74, 6) is -1.60. The molecule has 0 radical (unpaired) electrons. The fraction of sp³-hybridized carbons (Fsp3) is 0.741. The van der Waals surface area contributed by atoms with Crippen molar-refractivity contribution in [3.8, 4) is 5.19 Å². The van der Waals surface area contributed by atoms with Crippen molar-refractivity contribution in [1.82, 2.24) is 4.98 Å². The Labute approximate surface area is 218 Å². The minimum absolute atomic E-state index is 0.0707. The number of epoxide rings is 1. The van der Waals surface area contributed by atoms with Crippen LogP contribution in [0.4, 0.5) is 0 Å². The fourth-order valence-electron chi connectivity index (χ4n) is 5.05. The molecule has 2 N–H and O–H groups in total. The highest BCUT2D eigenvalue weighted by Crippen LogP contribution is 2.45. The zero-order valence-corrected chi connectivity index (χ0v) is 23.3. The predicted octanol–water partition coefficient (Wildman–Crippen LogP) is 4.18. The van der Waals surface area contributed by atoms with Gasteiger partial charge >= 0.3 is 5.97 Å². The zero-order chi connectivity index (χ0) is 26.8. The molecule has 2 aliphatic rings. The lowest BCUT2D eigenvalue weighted by Crippen LogP contribution is -2.45. The van der Waals surface area contributed by atoms with Crippen LogP contribution in [-0.2, 0) is 19.1 Å². The Morgan fingerprint density at radius 3 is 2.58 bits per heavy atom. The van der Waals surface area contributed by atoms with Crippen molar-refractivity contribution in [3.63, 3.8) is 0 Å². The number of ether oxygens (including phenoxy) is 3. The van der Waals surface area contributed by atoms with Gasteiger partial charge in [0.05, 0.1) is 48.6 Å². The van der Waals surface area contributed by atoms with Crippen molar-refractivity contribution in [2.24, 2.45) is 17.3 Å². The smallest absolute Gasteiger partial charge is 0.309 e. The molecule has 2 saturated heterocycles. The van der Waals surface area contributed by atoms with Crippen LogP contribution in [0, 0.1) is 17.3 Å². The summed E-state index contributed by atoms with van der Waals surface area (Å²) >= 11 is 1.38. The average molecular weight is 524 g/mol. The number of cyclic esters (lactones) is 1. The second-order valence-electron chi connectivity index (χ2n) is 11.2. The molecule has 0 amide bonds. The first-order chi connectivity index (χ1) is 16.8. The van der Waals surface area contributed by atoms with E-state index in [1.165, 1.54) is 11.3 Å². The van der Waals surface area contributed by atoms with E-state index in [4.69, 9.17) is 14.2 Å². The van der Waals surface area contributed by atoms with Crippen LogP contribution in [0.1, 0.15) is 79.3 Å². The van der Waals surface area contributed by atoms with E-state index in [1.807, 2.05) is 25.3 Å². The van der Waals surface area contributed by atoms with Gasteiger partial charge in [0.15, 0.2) is 0 Å². The maximum atomic E-state index is 13.2. The molecule has 7 unspecified atom stereocenters. The van der Waals surface area contributed by atoms with Crippen LogP contribution in [0.2, 0.25) is 0 Å². The zero-order valence-electron chi connectivity index (χ0n) is 22.4. The van der Waals surface area contributed by atoms with Crippen molar-refractivity contribution < 1.29 is 34.0 Å². The molecule has 0 spiro atoms. The molecule has 2 fully saturated rings. The molecule has 8 nitrogen and oxygen atoms in total. The number of ketones is 1. The van der Waals surface area contributed by atoms with E-state index in [-0.39, 0.29) is 29.8 Å². The average Bonchev–Trinajstić information content (AvgIpc) is 3.23. The predicted molar refractivity (Wildman–Crippen MR) is 138 cm³/mol. The van der Waals surface area contributed by atoms with E-state index in [9.17, 15) is 19.8 Å². The Morgan fingerprint density at radius 1 is 1.25 bits per heavy atom. The second-order valence-corrected chi connectivity index (χ2v) is 12.0. The number of hydrogen-bond donors (Lipinski definition) is 2. The van der Waals surface area contributed by atoms with Gasteiger partial charge in [0.2, 0.25) is 0 Å². The standard InChI is InChI=1S/C27H41NO7S/c1-15-9-8-10-27(6)21(35-27)12-19(16(2)11-18-14-36-25(28-18)33-7)34-22(30)13-20(29)26(4,5)24(32)17(3)23(15)31/h11,14-15,17,19-21,23,29,31H,8-10,12-13H2,1-7H3/b16-11+. The van der Waals surface area contributed by atoms with Gasteiger partial charge in [0.25, 0.3) is 5.19 Å². The van der Waals surface area contributed by atoms with E-state index >= 15 is 0 Å². The van der Waals surface area contributed by atoms with E-state index in [0.717, 1.165) is 24.8 Å². The van der Waals surface area contributed by atoms with Gasteiger partial charge in [-0.05, 0) is 44.3 Å². The molecule has 1 aromatic rings. The summed E-state index contributed by atoms with van der Waals surface area (Å²) in [7, 11) is 1.56. The van der Waals surface area contributed by atoms with Crippen LogP contribution < -0.4 is 4.74 Å². The van der Waals surface area contributed by atoms with Crippen LogP contribution in [0.5, 0.6) is 5.19 Å². The third kappa shape index (κ3) is 6.54. The summed E-state index contributed by atoms with van der Waals surface area (Å²) in [6.45, 7) is 10.8. The van der Waals surface area contributed by atoms with E-state index in [0.29, 0.717) is 17.3 Å². The Morgan fingerprint density at radius 2 is 1.94 bits per heavy atom. The lowest BCUT2D eigenvalue weighted by atomic mass is 9.73. The number of fused-ring (bicyclic) bond motifs is 1. The highest BCUT2D eigenvalue weighted by atomic mass is 32.1. The lowest BCUT2D eigenvalue weighted by Gasteiger charge is -2.34. The lowest BCUT2D eigenvalue weighted by molar-refractivity contribution is -0.154. The normalized spacial score (nSPS) is 36.6. The molecule has 2 aliphatic heterocycles. The van der Waals surface area contributed by atoms with Crippen molar-refractivity contribution in [1.29, 1.82) is 0 Å². The van der Waals surface area contributed by atoms with Gasteiger partial charge in [-0.2, -0.15) is 0 Å². The number of Topliss-reactive ketones (excluding diaryl/α,β-unsaturated/α-hetero) is 1. The van der Waals surface area contributed by atoms with Crippen LogP contribution in [0.15, 0.2) is 11.0 Å². The van der Waals surface area contributed by atoms with Crippen molar-refractivity contribution >= 4 is 29.2 Å². The minimum atomic E-state index is -1.24. The molecule has 3 rings (SSSR count). The Bertz CT molecular complexity index is 973. The van der Waals surface area contributed by atoms with E-state index in [2.05, 4.69) is 11.9 Å². The van der Waals surface area contributed by atoms with Gasteiger partial charge < -0.3 is 24.4 Å². The Kier molecular flexibility index (Phi) is 9.02. The summed E-state index contributed by atoms with van der Waals surface area (Å²) < 4.78 is 17.1. The molecule has 0 aliphatic carbocycles. The quantitative estimate of drug-likeness (QED) is 0.448. The van der Waals surface area contributed by atoms with Crippen molar-refractivity contribution in [2.45, 2.75) is 104 Å². The number of carbonyl (C=O) groups excluding carboxylic acids is 2. The number of thiazole rings is 1.